The number of aromatic nitrogens is 1. The highest BCUT2D eigenvalue weighted by Gasteiger charge is 2.30. The number of nitrogens with zero attached hydrogens (tertiary/aromatic N) is 2. The van der Waals surface area contributed by atoms with Crippen LogP contribution in [0.2, 0.25) is 4.47 Å². The zero-order chi connectivity index (χ0) is 10.9. The van der Waals surface area contributed by atoms with Crippen molar-refractivity contribution in [1.82, 2.24) is 9.88 Å². The first-order valence-corrected chi connectivity index (χ1v) is 6.20. The van der Waals surface area contributed by atoms with Gasteiger partial charge in [-0.15, -0.1) is 11.3 Å². The largest absolute Gasteiger partial charge is 0.378 e. The second-order valence-electron chi connectivity index (χ2n) is 4.37. The highest BCUT2D eigenvalue weighted by atomic mass is 35.5. The van der Waals surface area contributed by atoms with Gasteiger partial charge in [-0.25, -0.2) is 4.98 Å². The molecule has 15 heavy (non-hydrogen) atoms. The number of thiazole rings is 1. The van der Waals surface area contributed by atoms with Crippen LogP contribution in [0.15, 0.2) is 6.20 Å². The third-order valence-electron chi connectivity index (χ3n) is 2.69. The Morgan fingerprint density at radius 3 is 3.07 bits per heavy atom. The van der Waals surface area contributed by atoms with E-state index in [2.05, 4.69) is 23.7 Å². The molecule has 0 aromatic carbocycles. The maximum Gasteiger partial charge on any atom is 0.183 e. The molecule has 2 heterocycles. The molecule has 5 heteroatoms. The first-order chi connectivity index (χ1) is 7.08. The van der Waals surface area contributed by atoms with E-state index in [0.29, 0.717) is 4.47 Å². The Morgan fingerprint density at radius 1 is 1.67 bits per heavy atom. The van der Waals surface area contributed by atoms with Crippen molar-refractivity contribution in [2.24, 2.45) is 0 Å². The molecule has 1 aromatic heterocycles. The molecule has 84 valence electrons. The van der Waals surface area contributed by atoms with Gasteiger partial charge in [0.2, 0.25) is 0 Å². The number of ether oxygens (including phenoxy) is 1. The molecule has 2 rings (SSSR count). The van der Waals surface area contributed by atoms with Crippen molar-refractivity contribution in [3.63, 3.8) is 0 Å². The molecule has 1 saturated heterocycles. The van der Waals surface area contributed by atoms with Crippen LogP contribution in [0.25, 0.3) is 0 Å². The summed E-state index contributed by atoms with van der Waals surface area (Å²) in [5, 5.41) is 0. The Bertz CT molecular complexity index is 340. The molecule has 0 spiro atoms. The van der Waals surface area contributed by atoms with Crippen molar-refractivity contribution in [3.8, 4) is 0 Å². The molecule has 1 aliphatic heterocycles. The quantitative estimate of drug-likeness (QED) is 0.802. The molecule has 0 amide bonds. The summed E-state index contributed by atoms with van der Waals surface area (Å²) in [6.45, 7) is 7.91. The number of halogens is 1. The second-order valence-corrected chi connectivity index (χ2v) is 6.06. The molecule has 0 N–H and O–H groups in total. The molecular formula is C10H15ClN2OS. The van der Waals surface area contributed by atoms with Gasteiger partial charge in [-0.2, -0.15) is 0 Å². The topological polar surface area (TPSA) is 25.4 Å². The van der Waals surface area contributed by atoms with Crippen molar-refractivity contribution in [3.05, 3.63) is 15.5 Å². The fourth-order valence-corrected chi connectivity index (χ4v) is 2.72. The van der Waals surface area contributed by atoms with Gasteiger partial charge in [0.25, 0.3) is 0 Å². The molecule has 3 nitrogen and oxygen atoms in total. The predicted octanol–water partition coefficient (Wildman–Crippen LogP) is 2.41. The van der Waals surface area contributed by atoms with Crippen LogP contribution in [0, 0.1) is 0 Å². The van der Waals surface area contributed by atoms with E-state index in [4.69, 9.17) is 16.3 Å². The summed E-state index contributed by atoms with van der Waals surface area (Å²) in [5.41, 5.74) is 0.106. The van der Waals surface area contributed by atoms with E-state index in [1.165, 1.54) is 4.88 Å². The number of rotatable bonds is 2. The van der Waals surface area contributed by atoms with Gasteiger partial charge in [0.15, 0.2) is 4.47 Å². The van der Waals surface area contributed by atoms with E-state index in [9.17, 15) is 0 Å². The standard InChI is InChI=1S/C10H15ClN2OS/c1-10(2)7-14-4-3-13(10)6-8-5-12-9(11)15-8/h5H,3-4,6-7H2,1-2H3. The van der Waals surface area contributed by atoms with E-state index in [-0.39, 0.29) is 5.54 Å². The lowest BCUT2D eigenvalue weighted by Gasteiger charge is -2.41. The smallest absolute Gasteiger partial charge is 0.183 e. The van der Waals surface area contributed by atoms with Crippen molar-refractivity contribution < 1.29 is 4.74 Å². The van der Waals surface area contributed by atoms with E-state index < -0.39 is 0 Å². The average molecular weight is 247 g/mol. The molecular weight excluding hydrogens is 232 g/mol. The molecule has 0 saturated carbocycles. The fraction of sp³-hybridized carbons (Fsp3) is 0.700. The minimum atomic E-state index is 0.106. The highest BCUT2D eigenvalue weighted by molar-refractivity contribution is 7.15. The summed E-state index contributed by atoms with van der Waals surface area (Å²) in [7, 11) is 0. The predicted molar refractivity (Wildman–Crippen MR) is 62.4 cm³/mol. The van der Waals surface area contributed by atoms with Crippen LogP contribution in [0.4, 0.5) is 0 Å². The van der Waals surface area contributed by atoms with Crippen molar-refractivity contribution in [2.75, 3.05) is 19.8 Å². The number of morpholine rings is 1. The minimum Gasteiger partial charge on any atom is -0.378 e. The molecule has 0 bridgehead atoms. The summed E-state index contributed by atoms with van der Waals surface area (Å²) in [4.78, 5) is 7.69. The van der Waals surface area contributed by atoms with Gasteiger partial charge in [-0.1, -0.05) is 11.6 Å². The van der Waals surface area contributed by atoms with Crippen LogP contribution in [-0.2, 0) is 11.3 Å². The maximum absolute atomic E-state index is 5.81. The Labute approximate surface area is 99.0 Å². The van der Waals surface area contributed by atoms with Crippen molar-refractivity contribution in [2.45, 2.75) is 25.9 Å². The zero-order valence-corrected chi connectivity index (χ0v) is 10.6. The van der Waals surface area contributed by atoms with E-state index in [0.717, 1.165) is 26.3 Å². The van der Waals surface area contributed by atoms with E-state index >= 15 is 0 Å². The second kappa shape index (κ2) is 4.37. The van der Waals surface area contributed by atoms with Gasteiger partial charge in [-0.05, 0) is 13.8 Å². The third-order valence-corrected chi connectivity index (χ3v) is 3.79. The molecule has 0 radical (unpaired) electrons. The van der Waals surface area contributed by atoms with E-state index in [1.807, 2.05) is 6.20 Å². The fourth-order valence-electron chi connectivity index (χ4n) is 1.73. The van der Waals surface area contributed by atoms with Crippen LogP contribution in [0.5, 0.6) is 0 Å². The summed E-state index contributed by atoms with van der Waals surface area (Å²) in [6.07, 6.45) is 1.86. The van der Waals surface area contributed by atoms with Gasteiger partial charge in [0.05, 0.1) is 13.2 Å². The Balaban J connectivity index is 2.04. The van der Waals surface area contributed by atoms with Crippen LogP contribution in [0.3, 0.4) is 0 Å². The van der Waals surface area contributed by atoms with Crippen molar-refractivity contribution >= 4 is 22.9 Å². The summed E-state index contributed by atoms with van der Waals surface area (Å²) in [5.74, 6) is 0. The minimum absolute atomic E-state index is 0.106. The summed E-state index contributed by atoms with van der Waals surface area (Å²) >= 11 is 7.37. The normalized spacial score (nSPS) is 21.8. The molecule has 1 fully saturated rings. The average Bonchev–Trinajstić information content (AvgIpc) is 2.55. The lowest BCUT2D eigenvalue weighted by atomic mass is 10.0. The summed E-state index contributed by atoms with van der Waals surface area (Å²) in [6, 6.07) is 0. The van der Waals surface area contributed by atoms with Crippen LogP contribution >= 0.6 is 22.9 Å². The van der Waals surface area contributed by atoms with Crippen LogP contribution < -0.4 is 0 Å². The van der Waals surface area contributed by atoms with Gasteiger partial charge < -0.3 is 4.74 Å². The molecule has 0 unspecified atom stereocenters. The Kier molecular flexibility index (Phi) is 3.30. The van der Waals surface area contributed by atoms with Gasteiger partial charge in [0.1, 0.15) is 0 Å². The molecule has 0 atom stereocenters. The van der Waals surface area contributed by atoms with Crippen LogP contribution in [-0.4, -0.2) is 35.2 Å². The first kappa shape index (κ1) is 11.3. The van der Waals surface area contributed by atoms with Gasteiger partial charge in [0, 0.05) is 29.7 Å². The monoisotopic (exact) mass is 246 g/mol. The third kappa shape index (κ3) is 2.69. The summed E-state index contributed by atoms with van der Waals surface area (Å²) < 4.78 is 6.10. The van der Waals surface area contributed by atoms with Crippen LogP contribution in [0.1, 0.15) is 18.7 Å². The lowest BCUT2D eigenvalue weighted by Crippen LogP contribution is -2.52. The highest BCUT2D eigenvalue weighted by Crippen LogP contribution is 2.25. The number of hydrogen-bond donors (Lipinski definition) is 0. The Morgan fingerprint density at radius 2 is 2.47 bits per heavy atom. The maximum atomic E-state index is 5.81. The SMILES string of the molecule is CC1(C)COCCN1Cc1cnc(Cl)s1. The number of hydrogen-bond acceptors (Lipinski definition) is 4. The van der Waals surface area contributed by atoms with Gasteiger partial charge >= 0.3 is 0 Å². The van der Waals surface area contributed by atoms with Gasteiger partial charge in [-0.3, -0.25) is 4.90 Å². The molecule has 1 aliphatic rings. The Hall–Kier alpha value is -0.160. The molecule has 1 aromatic rings. The lowest BCUT2D eigenvalue weighted by molar-refractivity contribution is -0.0548. The van der Waals surface area contributed by atoms with Crippen molar-refractivity contribution in [1.29, 1.82) is 0 Å². The zero-order valence-electron chi connectivity index (χ0n) is 8.99. The van der Waals surface area contributed by atoms with E-state index in [1.54, 1.807) is 11.3 Å². The first-order valence-electron chi connectivity index (χ1n) is 5.01. The molecule has 0 aliphatic carbocycles.